The van der Waals surface area contributed by atoms with Crippen LogP contribution >= 0.6 is 0 Å². The predicted molar refractivity (Wildman–Crippen MR) is 122 cm³/mol. The molecule has 4 rings (SSSR count). The lowest BCUT2D eigenvalue weighted by molar-refractivity contribution is -0.394. The minimum atomic E-state index is -0.754. The first-order valence-electron chi connectivity index (χ1n) is 10.3. The van der Waals surface area contributed by atoms with E-state index in [2.05, 4.69) is 10.2 Å². The summed E-state index contributed by atoms with van der Waals surface area (Å²) in [5.41, 5.74) is 0.540. The lowest BCUT2D eigenvalue weighted by Gasteiger charge is -2.35. The van der Waals surface area contributed by atoms with Crippen LogP contribution in [0.4, 0.5) is 17.2 Å². The third-order valence-corrected chi connectivity index (χ3v) is 5.50. The SMILES string of the molecule is COc1ccc(-c2ccc(N3CCN(C(=O)c4cc([N+](=O)[O-])cc([N+](=O)[O-])c4)CC3)nn2)cc1. The second kappa shape index (κ2) is 9.48. The quantitative estimate of drug-likeness (QED) is 0.397. The summed E-state index contributed by atoms with van der Waals surface area (Å²) in [4.78, 5) is 37.1. The van der Waals surface area contributed by atoms with Crippen LogP contribution in [0.25, 0.3) is 11.3 Å². The van der Waals surface area contributed by atoms with Gasteiger partial charge in [0.15, 0.2) is 5.82 Å². The van der Waals surface area contributed by atoms with Gasteiger partial charge in [-0.1, -0.05) is 0 Å². The summed E-state index contributed by atoms with van der Waals surface area (Å²) in [7, 11) is 1.60. The van der Waals surface area contributed by atoms with Gasteiger partial charge in [-0.25, -0.2) is 0 Å². The molecule has 1 amide bonds. The molecule has 12 nitrogen and oxygen atoms in total. The standard InChI is InChI=1S/C22H20N6O6/c1-34-19-4-2-15(3-5-19)20-6-7-21(24-23-20)25-8-10-26(11-9-25)22(29)16-12-17(27(30)31)14-18(13-16)28(32)33/h2-7,12-14H,8-11H2,1H3. The molecule has 0 atom stereocenters. The van der Waals surface area contributed by atoms with E-state index in [1.807, 2.05) is 41.3 Å². The van der Waals surface area contributed by atoms with Crippen molar-refractivity contribution in [1.29, 1.82) is 0 Å². The fourth-order valence-corrected chi connectivity index (χ4v) is 3.66. The number of nitro groups is 2. The van der Waals surface area contributed by atoms with Crippen molar-refractivity contribution in [2.24, 2.45) is 0 Å². The Morgan fingerprint density at radius 3 is 2.00 bits per heavy atom. The minimum Gasteiger partial charge on any atom is -0.497 e. The van der Waals surface area contributed by atoms with Crippen LogP contribution in [0.5, 0.6) is 5.75 Å². The zero-order valence-corrected chi connectivity index (χ0v) is 18.2. The average molecular weight is 464 g/mol. The third-order valence-electron chi connectivity index (χ3n) is 5.50. The molecule has 1 aromatic heterocycles. The summed E-state index contributed by atoms with van der Waals surface area (Å²) in [6.07, 6.45) is 0. The molecule has 0 N–H and O–H groups in total. The van der Waals surface area contributed by atoms with Gasteiger partial charge in [-0.3, -0.25) is 25.0 Å². The van der Waals surface area contributed by atoms with Crippen molar-refractivity contribution >= 4 is 23.1 Å². The van der Waals surface area contributed by atoms with E-state index in [0.29, 0.717) is 37.7 Å². The van der Waals surface area contributed by atoms with Gasteiger partial charge in [-0.2, -0.15) is 0 Å². The molecule has 0 unspecified atom stereocenters. The highest BCUT2D eigenvalue weighted by molar-refractivity contribution is 5.95. The van der Waals surface area contributed by atoms with Gasteiger partial charge in [0, 0.05) is 43.9 Å². The van der Waals surface area contributed by atoms with Crippen molar-refractivity contribution in [3.63, 3.8) is 0 Å². The van der Waals surface area contributed by atoms with Crippen LogP contribution < -0.4 is 9.64 Å². The first-order chi connectivity index (χ1) is 16.4. The van der Waals surface area contributed by atoms with Gasteiger partial charge in [0.25, 0.3) is 17.3 Å². The number of benzene rings is 2. The predicted octanol–water partition coefficient (Wildman–Crippen LogP) is 2.93. The molecule has 2 aromatic carbocycles. The van der Waals surface area contributed by atoms with E-state index in [0.717, 1.165) is 29.5 Å². The van der Waals surface area contributed by atoms with Crippen LogP contribution in [-0.2, 0) is 0 Å². The van der Waals surface area contributed by atoms with Gasteiger partial charge in [-0.15, -0.1) is 10.2 Å². The Morgan fingerprint density at radius 1 is 0.882 bits per heavy atom. The summed E-state index contributed by atoms with van der Waals surface area (Å²) < 4.78 is 5.16. The number of hydrogen-bond acceptors (Lipinski definition) is 9. The summed E-state index contributed by atoms with van der Waals surface area (Å²) in [5, 5.41) is 30.8. The number of amides is 1. The fourth-order valence-electron chi connectivity index (χ4n) is 3.66. The molecule has 34 heavy (non-hydrogen) atoms. The molecule has 3 aromatic rings. The highest BCUT2D eigenvalue weighted by Gasteiger charge is 2.26. The second-order valence-corrected chi connectivity index (χ2v) is 7.54. The Labute approximate surface area is 193 Å². The Hall–Kier alpha value is -4.61. The maximum Gasteiger partial charge on any atom is 0.277 e. The zero-order chi connectivity index (χ0) is 24.2. The number of anilines is 1. The molecule has 0 radical (unpaired) electrons. The second-order valence-electron chi connectivity index (χ2n) is 7.54. The van der Waals surface area contributed by atoms with E-state index in [1.165, 1.54) is 4.90 Å². The van der Waals surface area contributed by atoms with Gasteiger partial charge in [0.05, 0.1) is 34.3 Å². The summed E-state index contributed by atoms with van der Waals surface area (Å²) in [6.45, 7) is 1.60. The van der Waals surface area contributed by atoms with E-state index in [4.69, 9.17) is 4.74 Å². The van der Waals surface area contributed by atoms with Crippen LogP contribution in [0.2, 0.25) is 0 Å². The molecule has 0 aliphatic carbocycles. The van der Waals surface area contributed by atoms with Crippen LogP contribution in [0.15, 0.2) is 54.6 Å². The molecule has 0 spiro atoms. The molecule has 0 saturated carbocycles. The number of non-ortho nitro benzene ring substituents is 2. The number of hydrogen-bond donors (Lipinski definition) is 0. The average Bonchev–Trinajstić information content (AvgIpc) is 2.88. The van der Waals surface area contributed by atoms with Gasteiger partial charge in [0.1, 0.15) is 5.75 Å². The molecule has 174 valence electrons. The van der Waals surface area contributed by atoms with E-state index in [9.17, 15) is 25.0 Å². The number of aromatic nitrogens is 2. The number of rotatable bonds is 6. The largest absolute Gasteiger partial charge is 0.497 e. The normalized spacial score (nSPS) is 13.4. The molecule has 1 aliphatic heterocycles. The van der Waals surface area contributed by atoms with Gasteiger partial charge in [0.2, 0.25) is 0 Å². The monoisotopic (exact) mass is 464 g/mol. The van der Waals surface area contributed by atoms with Crippen molar-refractivity contribution in [2.75, 3.05) is 38.2 Å². The number of nitro benzene ring substituents is 2. The first kappa shape index (κ1) is 22.6. The number of methoxy groups -OCH3 is 1. The smallest absolute Gasteiger partial charge is 0.277 e. The Morgan fingerprint density at radius 2 is 1.50 bits per heavy atom. The maximum atomic E-state index is 12.9. The van der Waals surface area contributed by atoms with E-state index >= 15 is 0 Å². The lowest BCUT2D eigenvalue weighted by Crippen LogP contribution is -2.49. The zero-order valence-electron chi connectivity index (χ0n) is 18.2. The number of piperazine rings is 1. The Bertz CT molecular complexity index is 1190. The molecule has 1 aliphatic rings. The molecule has 2 heterocycles. The van der Waals surface area contributed by atoms with E-state index in [1.54, 1.807) is 7.11 Å². The first-order valence-corrected chi connectivity index (χ1v) is 10.3. The summed E-state index contributed by atoms with van der Waals surface area (Å²) >= 11 is 0. The van der Waals surface area contributed by atoms with Crippen molar-refractivity contribution in [2.45, 2.75) is 0 Å². The topological polar surface area (TPSA) is 145 Å². The van der Waals surface area contributed by atoms with Gasteiger partial charge in [-0.05, 0) is 36.4 Å². The number of nitrogens with zero attached hydrogens (tertiary/aromatic N) is 6. The van der Waals surface area contributed by atoms with Gasteiger partial charge >= 0.3 is 0 Å². The summed E-state index contributed by atoms with van der Waals surface area (Å²) in [6, 6.07) is 14.2. The maximum absolute atomic E-state index is 12.9. The number of carbonyl (C=O) groups excluding carboxylic acids is 1. The van der Waals surface area contributed by atoms with E-state index in [-0.39, 0.29) is 5.56 Å². The van der Waals surface area contributed by atoms with Crippen molar-refractivity contribution in [3.8, 4) is 17.0 Å². The van der Waals surface area contributed by atoms with Crippen molar-refractivity contribution in [3.05, 3.63) is 80.4 Å². The minimum absolute atomic E-state index is 0.0852. The molecule has 0 bridgehead atoms. The van der Waals surface area contributed by atoms with Crippen molar-refractivity contribution in [1.82, 2.24) is 15.1 Å². The Kier molecular flexibility index (Phi) is 6.30. The highest BCUT2D eigenvalue weighted by Crippen LogP contribution is 2.25. The van der Waals surface area contributed by atoms with E-state index < -0.39 is 27.1 Å². The summed E-state index contributed by atoms with van der Waals surface area (Å²) in [5.74, 6) is 0.920. The third kappa shape index (κ3) is 4.75. The van der Waals surface area contributed by atoms with Crippen LogP contribution in [0, 0.1) is 20.2 Å². The highest BCUT2D eigenvalue weighted by atomic mass is 16.6. The molecule has 1 saturated heterocycles. The van der Waals surface area contributed by atoms with Crippen LogP contribution in [0.1, 0.15) is 10.4 Å². The van der Waals surface area contributed by atoms with Crippen molar-refractivity contribution < 1.29 is 19.4 Å². The van der Waals surface area contributed by atoms with Gasteiger partial charge < -0.3 is 14.5 Å². The lowest BCUT2D eigenvalue weighted by atomic mass is 10.1. The Balaban J connectivity index is 1.42. The van der Waals surface area contributed by atoms with Crippen LogP contribution in [-0.4, -0.2) is 64.1 Å². The molecular weight excluding hydrogens is 444 g/mol. The fraction of sp³-hybridized carbons (Fsp3) is 0.227. The molecule has 12 heteroatoms. The molecule has 1 fully saturated rings. The number of carbonyl (C=O) groups is 1. The number of ether oxygens (including phenoxy) is 1. The van der Waals surface area contributed by atoms with Crippen LogP contribution in [0.3, 0.4) is 0 Å². The molecular formula is C22H20N6O6.